The lowest BCUT2D eigenvalue weighted by atomic mass is 10.1. The normalized spacial score (nSPS) is 11.2. The van der Waals surface area contributed by atoms with Gasteiger partial charge in [0.15, 0.2) is 0 Å². The zero-order valence-electron chi connectivity index (χ0n) is 25.8. The van der Waals surface area contributed by atoms with E-state index in [1.807, 2.05) is 48.5 Å². The van der Waals surface area contributed by atoms with Crippen LogP contribution in [0.4, 0.5) is 11.5 Å². The number of anilines is 2. The molecule has 9 nitrogen and oxygen atoms in total. The number of carbonyl (C=O) groups is 3. The van der Waals surface area contributed by atoms with E-state index in [-0.39, 0.29) is 23.6 Å². The molecule has 0 saturated heterocycles. The minimum atomic E-state index is -0.379. The van der Waals surface area contributed by atoms with Crippen LogP contribution >= 0.6 is 0 Å². The number of fused-ring (bicyclic) bond motifs is 1. The van der Waals surface area contributed by atoms with Crippen LogP contribution in [0.25, 0.3) is 22.3 Å². The Bertz CT molecular complexity index is 1690. The second kappa shape index (κ2) is 16.5. The van der Waals surface area contributed by atoms with Crippen molar-refractivity contribution < 1.29 is 14.4 Å². The van der Waals surface area contributed by atoms with E-state index in [4.69, 9.17) is 5.73 Å². The van der Waals surface area contributed by atoms with Crippen LogP contribution in [-0.4, -0.2) is 32.5 Å². The summed E-state index contributed by atoms with van der Waals surface area (Å²) in [5.74, 6) is 0.643. The third kappa shape index (κ3) is 10.1. The second-order valence-corrected chi connectivity index (χ2v) is 10.9. The number of nitrogens with zero attached hydrogens (tertiary/aromatic N) is 2. The number of hydrogen-bond acceptors (Lipinski definition) is 6. The fourth-order valence-corrected chi connectivity index (χ4v) is 4.81. The van der Waals surface area contributed by atoms with Crippen LogP contribution in [0.2, 0.25) is 0 Å². The van der Waals surface area contributed by atoms with Crippen LogP contribution in [0.1, 0.15) is 74.3 Å². The number of benzene rings is 3. The lowest BCUT2D eigenvalue weighted by Gasteiger charge is -2.15. The van der Waals surface area contributed by atoms with Crippen molar-refractivity contribution in [1.29, 1.82) is 0 Å². The van der Waals surface area contributed by atoms with Crippen LogP contribution in [-0.2, 0) is 9.59 Å². The first-order chi connectivity index (χ1) is 21.8. The molecule has 2 heterocycles. The molecule has 9 heteroatoms. The van der Waals surface area contributed by atoms with Crippen molar-refractivity contribution in [2.24, 2.45) is 5.73 Å². The number of rotatable bonds is 13. The van der Waals surface area contributed by atoms with Crippen molar-refractivity contribution in [3.05, 3.63) is 108 Å². The Hall–Kier alpha value is -5.31. The van der Waals surface area contributed by atoms with E-state index in [2.05, 4.69) is 50.7 Å². The summed E-state index contributed by atoms with van der Waals surface area (Å²) in [6, 6.07) is 29.0. The van der Waals surface area contributed by atoms with Crippen LogP contribution in [0, 0.1) is 0 Å². The average molecular weight is 605 g/mol. The maximum atomic E-state index is 12.3. The number of carbonyl (C=O) groups excluding carboxylic acids is 3. The van der Waals surface area contributed by atoms with Crippen molar-refractivity contribution in [2.75, 3.05) is 10.6 Å². The molecule has 45 heavy (non-hydrogen) atoms. The molecule has 1 unspecified atom stereocenters. The van der Waals surface area contributed by atoms with Gasteiger partial charge < -0.3 is 26.1 Å². The van der Waals surface area contributed by atoms with Crippen molar-refractivity contribution in [3.63, 3.8) is 0 Å². The molecule has 1 atom stereocenters. The number of H-pyrrole nitrogens is 1. The van der Waals surface area contributed by atoms with Gasteiger partial charge in [-0.1, -0.05) is 73.5 Å². The molecule has 0 fully saturated rings. The number of nitrogens with one attached hydrogen (secondary N) is 3. The molecule has 5 rings (SSSR count). The Kier molecular flexibility index (Phi) is 12.0. The quantitative estimate of drug-likeness (QED) is 0.103. The highest BCUT2D eigenvalue weighted by atomic mass is 16.2. The first-order valence-corrected chi connectivity index (χ1v) is 15.2. The van der Waals surface area contributed by atoms with E-state index in [0.717, 1.165) is 59.5 Å². The Balaban J connectivity index is 0.000000440. The van der Waals surface area contributed by atoms with Gasteiger partial charge in [-0.3, -0.25) is 9.59 Å². The molecule has 3 aromatic carbocycles. The average Bonchev–Trinajstić information content (AvgIpc) is 3.50. The molecule has 0 aliphatic carbocycles. The summed E-state index contributed by atoms with van der Waals surface area (Å²) >= 11 is 0. The second-order valence-electron chi connectivity index (χ2n) is 10.9. The van der Waals surface area contributed by atoms with Gasteiger partial charge in [0.2, 0.25) is 11.8 Å². The summed E-state index contributed by atoms with van der Waals surface area (Å²) in [6.45, 7) is 3.73. The Labute approximate surface area is 263 Å². The van der Waals surface area contributed by atoms with E-state index in [9.17, 15) is 14.4 Å². The lowest BCUT2D eigenvalue weighted by molar-refractivity contribution is -0.117. The number of amides is 2. The predicted molar refractivity (Wildman–Crippen MR) is 180 cm³/mol. The largest absolute Gasteiger partial charge is 0.366 e. The Morgan fingerprint density at radius 1 is 0.822 bits per heavy atom. The summed E-state index contributed by atoms with van der Waals surface area (Å²) in [5.41, 5.74) is 10.2. The van der Waals surface area contributed by atoms with Gasteiger partial charge in [-0.15, -0.1) is 0 Å². The lowest BCUT2D eigenvalue weighted by Crippen LogP contribution is -2.10. The molecule has 0 aliphatic heterocycles. The molecular weight excluding hydrogens is 564 g/mol. The third-order valence-electron chi connectivity index (χ3n) is 7.30. The number of Topliss-reactive ketones (excluding diaryl/α,β-unsaturated/α-hetero) is 1. The summed E-state index contributed by atoms with van der Waals surface area (Å²) in [4.78, 5) is 45.9. The molecular formula is C36H40N6O3. The molecule has 0 spiro atoms. The van der Waals surface area contributed by atoms with Gasteiger partial charge in [-0.2, -0.15) is 0 Å². The highest BCUT2D eigenvalue weighted by molar-refractivity contribution is 5.93. The molecule has 2 aromatic heterocycles. The smallest absolute Gasteiger partial charge is 0.248 e. The molecule has 2 amide bonds. The number of hydrogen-bond donors (Lipinski definition) is 4. The maximum Gasteiger partial charge on any atom is 0.248 e. The maximum absolute atomic E-state index is 12.3. The van der Waals surface area contributed by atoms with Crippen LogP contribution in [0.3, 0.4) is 0 Å². The minimum absolute atomic E-state index is 0.0125. The topological polar surface area (TPSA) is 143 Å². The summed E-state index contributed by atoms with van der Waals surface area (Å²) in [6.07, 6.45) is 6.36. The zero-order chi connectivity index (χ0) is 32.0. The van der Waals surface area contributed by atoms with E-state index in [1.165, 1.54) is 5.56 Å². The van der Waals surface area contributed by atoms with Crippen molar-refractivity contribution in [3.8, 4) is 11.3 Å². The summed E-state index contributed by atoms with van der Waals surface area (Å²) in [5, 5.41) is 7.39. The summed E-state index contributed by atoms with van der Waals surface area (Å²) < 4.78 is 0. The van der Waals surface area contributed by atoms with Crippen molar-refractivity contribution in [1.82, 2.24) is 15.0 Å². The van der Waals surface area contributed by atoms with Crippen molar-refractivity contribution >= 4 is 40.1 Å². The fraction of sp³-hybridized carbons (Fsp3) is 0.250. The molecule has 0 aliphatic rings. The van der Waals surface area contributed by atoms with Gasteiger partial charge in [0.1, 0.15) is 23.6 Å². The molecule has 0 saturated carbocycles. The van der Waals surface area contributed by atoms with Gasteiger partial charge in [0.25, 0.3) is 0 Å². The highest BCUT2D eigenvalue weighted by Crippen LogP contribution is 2.29. The fourth-order valence-electron chi connectivity index (χ4n) is 4.81. The molecule has 5 N–H and O–H groups in total. The molecule has 0 bridgehead atoms. The monoisotopic (exact) mass is 604 g/mol. The van der Waals surface area contributed by atoms with Gasteiger partial charge in [-0.05, 0) is 68.1 Å². The predicted octanol–water partition coefficient (Wildman–Crippen LogP) is 7.45. The van der Waals surface area contributed by atoms with Crippen LogP contribution < -0.4 is 16.4 Å². The zero-order valence-corrected chi connectivity index (χ0v) is 25.8. The van der Waals surface area contributed by atoms with E-state index in [0.29, 0.717) is 18.4 Å². The van der Waals surface area contributed by atoms with Crippen LogP contribution in [0.5, 0.6) is 0 Å². The number of aromatic amines is 1. The molecule has 232 valence electrons. The standard InChI is InChI=1S/C29H33N5O2.C7H7NO/c1-20(35)10-6-3-4-9-13-27(36)33-24-16-14-23(15-17-24)26-18-25-28(30-19-31-29(25)34-26)32-21(2)22-11-7-5-8-12-22;8-7(9)6-4-2-1-3-5-6/h5,7-8,11-12,14-19,21H,3-4,6,9-10,13H2,1-2H3,(H,33,36)(H2,30,31,32,34);1-5H,(H2,8,9). The number of ketones is 1. The van der Waals surface area contributed by atoms with Crippen molar-refractivity contribution in [2.45, 2.75) is 58.4 Å². The SMILES string of the molecule is CC(=O)CCCCCCC(=O)Nc1ccc(-c2cc3c(NC(C)c4ccccc4)ncnc3[nH]2)cc1.NC(=O)c1ccccc1. The third-order valence-corrected chi connectivity index (χ3v) is 7.30. The van der Waals surface area contributed by atoms with Gasteiger partial charge in [0, 0.05) is 35.8 Å². The summed E-state index contributed by atoms with van der Waals surface area (Å²) in [7, 11) is 0. The molecule has 5 aromatic rings. The van der Waals surface area contributed by atoms with Gasteiger partial charge in [0.05, 0.1) is 5.39 Å². The molecule has 0 radical (unpaired) electrons. The van der Waals surface area contributed by atoms with Gasteiger partial charge in [-0.25, -0.2) is 9.97 Å². The number of aromatic nitrogens is 3. The van der Waals surface area contributed by atoms with Crippen LogP contribution in [0.15, 0.2) is 97.3 Å². The number of nitrogens with two attached hydrogens (primary N) is 1. The first kappa shape index (κ1) is 32.6. The van der Waals surface area contributed by atoms with E-state index in [1.54, 1.807) is 37.5 Å². The minimum Gasteiger partial charge on any atom is -0.366 e. The number of primary amides is 1. The Morgan fingerprint density at radius 3 is 2.09 bits per heavy atom. The first-order valence-electron chi connectivity index (χ1n) is 15.2. The van der Waals surface area contributed by atoms with Gasteiger partial charge >= 0.3 is 0 Å². The Morgan fingerprint density at radius 2 is 1.47 bits per heavy atom. The highest BCUT2D eigenvalue weighted by Gasteiger charge is 2.13. The van der Waals surface area contributed by atoms with E-state index >= 15 is 0 Å². The number of unbranched alkanes of at least 4 members (excludes halogenated alkanes) is 3. The van der Waals surface area contributed by atoms with E-state index < -0.39 is 0 Å².